The first-order valence-corrected chi connectivity index (χ1v) is 10.6. The smallest absolute Gasteiger partial charge is 0.0445 e. The fourth-order valence-electron chi connectivity index (χ4n) is 3.35. The zero-order valence-electron chi connectivity index (χ0n) is 16.7. The van der Waals surface area contributed by atoms with Crippen LogP contribution >= 0.6 is 12.4 Å². The molecule has 0 spiro atoms. The highest BCUT2D eigenvalue weighted by atomic mass is 35.5. The van der Waals surface area contributed by atoms with Gasteiger partial charge in [0.2, 0.25) is 0 Å². The van der Waals surface area contributed by atoms with Gasteiger partial charge in [0, 0.05) is 12.6 Å². The fraction of sp³-hybridized carbons (Fsp3) is 1.00. The summed E-state index contributed by atoms with van der Waals surface area (Å²) in [6.07, 6.45) is 23.5. The maximum Gasteiger partial charge on any atom is 0.0445 e. The number of aliphatic hydroxyl groups excluding tert-OH is 1. The van der Waals surface area contributed by atoms with E-state index in [0.29, 0.717) is 12.6 Å². The molecule has 0 fully saturated rings. The summed E-state index contributed by atoms with van der Waals surface area (Å²) in [5, 5.41) is 12.2. The van der Waals surface area contributed by atoms with E-state index in [4.69, 9.17) is 5.11 Å². The highest BCUT2D eigenvalue weighted by Crippen LogP contribution is 2.14. The van der Waals surface area contributed by atoms with Crippen LogP contribution in [0.4, 0.5) is 0 Å². The molecule has 0 saturated heterocycles. The van der Waals surface area contributed by atoms with Crippen LogP contribution in [0.3, 0.4) is 0 Å². The molecule has 0 heterocycles. The first kappa shape index (κ1) is 26.4. The molecule has 2 nitrogen and oxygen atoms in total. The van der Waals surface area contributed by atoms with E-state index in [0.717, 1.165) is 6.42 Å². The fourth-order valence-corrected chi connectivity index (χ4v) is 3.35. The molecule has 24 heavy (non-hydrogen) atoms. The van der Waals surface area contributed by atoms with E-state index in [9.17, 15) is 0 Å². The van der Waals surface area contributed by atoms with Gasteiger partial charge in [-0.1, -0.05) is 103 Å². The summed E-state index contributed by atoms with van der Waals surface area (Å²) in [7, 11) is 2.01. The third-order valence-corrected chi connectivity index (χ3v) is 5.04. The summed E-state index contributed by atoms with van der Waals surface area (Å²) >= 11 is 0. The maximum atomic E-state index is 8.95. The average Bonchev–Trinajstić information content (AvgIpc) is 2.57. The first-order valence-electron chi connectivity index (χ1n) is 10.6. The molecule has 0 saturated carbocycles. The monoisotopic (exact) mass is 363 g/mol. The van der Waals surface area contributed by atoms with Gasteiger partial charge < -0.3 is 10.4 Å². The number of hydrogen-bond acceptors (Lipinski definition) is 2. The quantitative estimate of drug-likeness (QED) is 0.252. The van der Waals surface area contributed by atoms with E-state index < -0.39 is 0 Å². The van der Waals surface area contributed by atoms with Crippen molar-refractivity contribution in [3.63, 3.8) is 0 Å². The highest BCUT2D eigenvalue weighted by Gasteiger charge is 2.03. The Kier molecular flexibility index (Phi) is 25.6. The van der Waals surface area contributed by atoms with Crippen molar-refractivity contribution in [3.8, 4) is 0 Å². The first-order chi connectivity index (χ1) is 11.3. The Bertz CT molecular complexity index is 214. The summed E-state index contributed by atoms with van der Waals surface area (Å²) in [6, 6.07) is 0.516. The third-order valence-electron chi connectivity index (χ3n) is 5.04. The van der Waals surface area contributed by atoms with Crippen LogP contribution in [0.5, 0.6) is 0 Å². The molecule has 0 aromatic heterocycles. The lowest BCUT2D eigenvalue weighted by molar-refractivity contribution is 0.262. The van der Waals surface area contributed by atoms with Crippen LogP contribution < -0.4 is 5.32 Å². The Balaban J connectivity index is 0. The Morgan fingerprint density at radius 1 is 0.625 bits per heavy atom. The number of halogens is 1. The van der Waals surface area contributed by atoms with E-state index in [1.54, 1.807) is 0 Å². The van der Waals surface area contributed by atoms with Gasteiger partial charge >= 0.3 is 0 Å². The van der Waals surface area contributed by atoms with Crippen LogP contribution in [0.25, 0.3) is 0 Å². The predicted molar refractivity (Wildman–Crippen MR) is 111 cm³/mol. The van der Waals surface area contributed by atoms with Crippen LogP contribution in [0.1, 0.15) is 116 Å². The Hall–Kier alpha value is 0.210. The minimum atomic E-state index is 0. The minimum absolute atomic E-state index is 0. The Labute approximate surface area is 159 Å². The molecule has 0 radical (unpaired) electrons. The molecule has 2 N–H and O–H groups in total. The molecule has 0 aliphatic heterocycles. The van der Waals surface area contributed by atoms with Crippen LogP contribution in [-0.4, -0.2) is 24.8 Å². The average molecular weight is 364 g/mol. The summed E-state index contributed by atoms with van der Waals surface area (Å²) in [4.78, 5) is 0. The summed E-state index contributed by atoms with van der Waals surface area (Å²) < 4.78 is 0. The number of aliphatic hydroxyl groups is 1. The molecule has 0 aliphatic rings. The zero-order chi connectivity index (χ0) is 17.0. The molecule has 0 aliphatic carbocycles. The van der Waals surface area contributed by atoms with Gasteiger partial charge in [0.05, 0.1) is 0 Å². The van der Waals surface area contributed by atoms with E-state index in [-0.39, 0.29) is 12.4 Å². The van der Waals surface area contributed by atoms with Crippen LogP contribution in [-0.2, 0) is 0 Å². The Morgan fingerprint density at radius 2 is 1.00 bits per heavy atom. The van der Waals surface area contributed by atoms with Crippen LogP contribution in [0.15, 0.2) is 0 Å². The molecule has 0 amide bonds. The van der Waals surface area contributed by atoms with E-state index >= 15 is 0 Å². The Morgan fingerprint density at radius 3 is 1.33 bits per heavy atom. The second kappa shape index (κ2) is 23.2. The van der Waals surface area contributed by atoms with Gasteiger partial charge in [0.25, 0.3) is 0 Å². The van der Waals surface area contributed by atoms with Crippen molar-refractivity contribution in [2.24, 2.45) is 0 Å². The van der Waals surface area contributed by atoms with Crippen molar-refractivity contribution in [2.45, 2.75) is 122 Å². The van der Waals surface area contributed by atoms with Gasteiger partial charge in [-0.2, -0.15) is 0 Å². The van der Waals surface area contributed by atoms with E-state index in [1.165, 1.54) is 103 Å². The summed E-state index contributed by atoms with van der Waals surface area (Å²) in [5.41, 5.74) is 0. The number of unbranched alkanes of at least 4 members (excludes halogenated alkanes) is 14. The SMILES string of the molecule is CCCCCCCCCCCCCCCCCC(CCO)NC.Cl. The predicted octanol–water partition coefficient (Wildman–Crippen LogP) is 6.64. The van der Waals surface area contributed by atoms with E-state index in [1.807, 2.05) is 7.05 Å². The number of nitrogens with one attached hydrogen (secondary N) is 1. The summed E-state index contributed by atoms with van der Waals surface area (Å²) in [5.74, 6) is 0. The van der Waals surface area contributed by atoms with Crippen molar-refractivity contribution in [3.05, 3.63) is 0 Å². The van der Waals surface area contributed by atoms with Crippen molar-refractivity contribution >= 4 is 12.4 Å². The topological polar surface area (TPSA) is 32.3 Å². The van der Waals surface area contributed by atoms with Crippen LogP contribution in [0.2, 0.25) is 0 Å². The van der Waals surface area contributed by atoms with Gasteiger partial charge in [0.15, 0.2) is 0 Å². The van der Waals surface area contributed by atoms with Gasteiger partial charge in [-0.25, -0.2) is 0 Å². The molecule has 1 unspecified atom stereocenters. The standard InChI is InChI=1S/C21H45NO.ClH/c1-3-4-5-6-7-8-9-10-11-12-13-14-15-16-17-18-21(22-2)19-20-23;/h21-23H,3-20H2,1-2H3;1H. The van der Waals surface area contributed by atoms with E-state index in [2.05, 4.69) is 12.2 Å². The van der Waals surface area contributed by atoms with Crippen molar-refractivity contribution in [2.75, 3.05) is 13.7 Å². The van der Waals surface area contributed by atoms with Crippen molar-refractivity contribution in [1.82, 2.24) is 5.32 Å². The highest BCUT2D eigenvalue weighted by molar-refractivity contribution is 5.85. The van der Waals surface area contributed by atoms with Crippen LogP contribution in [0, 0.1) is 0 Å². The lowest BCUT2D eigenvalue weighted by Crippen LogP contribution is -2.26. The molecule has 1 atom stereocenters. The number of hydrogen-bond donors (Lipinski definition) is 2. The largest absolute Gasteiger partial charge is 0.396 e. The lowest BCUT2D eigenvalue weighted by Gasteiger charge is -2.14. The van der Waals surface area contributed by atoms with Gasteiger partial charge in [-0.15, -0.1) is 12.4 Å². The van der Waals surface area contributed by atoms with Gasteiger partial charge in [0.1, 0.15) is 0 Å². The molecular formula is C21H46ClNO. The molecule has 3 heteroatoms. The zero-order valence-corrected chi connectivity index (χ0v) is 17.5. The molecule has 0 rings (SSSR count). The molecular weight excluding hydrogens is 318 g/mol. The normalized spacial score (nSPS) is 12.1. The maximum absolute atomic E-state index is 8.95. The molecule has 0 aromatic rings. The molecule has 0 bridgehead atoms. The van der Waals surface area contributed by atoms with Crippen molar-refractivity contribution < 1.29 is 5.11 Å². The molecule has 148 valence electrons. The second-order valence-corrected chi connectivity index (χ2v) is 7.24. The lowest BCUT2D eigenvalue weighted by atomic mass is 10.0. The van der Waals surface area contributed by atoms with Gasteiger partial charge in [-0.05, 0) is 19.9 Å². The molecule has 0 aromatic carbocycles. The summed E-state index contributed by atoms with van der Waals surface area (Å²) in [6.45, 7) is 2.60. The van der Waals surface area contributed by atoms with Gasteiger partial charge in [-0.3, -0.25) is 0 Å². The third kappa shape index (κ3) is 20.3. The number of rotatable bonds is 19. The second-order valence-electron chi connectivity index (χ2n) is 7.24. The van der Waals surface area contributed by atoms with Crippen molar-refractivity contribution in [1.29, 1.82) is 0 Å². The minimum Gasteiger partial charge on any atom is -0.396 e.